The standard InChI is InChI=1S/C17H22N2O2/c1-2-13-5-3-7-15(11-13)19-17(21)16-9-8-14(12-18-16)6-4-10-20/h8-9,12-13,15,20H,2-3,5,7,10-11H2,1H3,(H,19,21). The van der Waals surface area contributed by atoms with E-state index < -0.39 is 0 Å². The van der Waals surface area contributed by atoms with Crippen molar-refractivity contribution in [1.29, 1.82) is 0 Å². The molecule has 0 aliphatic heterocycles. The summed E-state index contributed by atoms with van der Waals surface area (Å²) >= 11 is 0. The molecule has 21 heavy (non-hydrogen) atoms. The Morgan fingerprint density at radius 1 is 1.48 bits per heavy atom. The lowest BCUT2D eigenvalue weighted by molar-refractivity contribution is 0.0914. The Labute approximate surface area is 126 Å². The summed E-state index contributed by atoms with van der Waals surface area (Å²) in [6, 6.07) is 3.70. The van der Waals surface area contributed by atoms with Gasteiger partial charge in [0.05, 0.1) is 0 Å². The minimum atomic E-state index is -0.178. The summed E-state index contributed by atoms with van der Waals surface area (Å²) in [5.41, 5.74) is 1.12. The summed E-state index contributed by atoms with van der Waals surface area (Å²) in [4.78, 5) is 16.3. The van der Waals surface area contributed by atoms with Gasteiger partial charge in [-0.15, -0.1) is 0 Å². The van der Waals surface area contributed by atoms with Crippen molar-refractivity contribution in [1.82, 2.24) is 10.3 Å². The molecule has 0 bridgehead atoms. The fraction of sp³-hybridized carbons (Fsp3) is 0.529. The number of aliphatic hydroxyl groups is 1. The van der Waals surface area contributed by atoms with Crippen LogP contribution in [0.15, 0.2) is 18.3 Å². The number of aliphatic hydroxyl groups excluding tert-OH is 1. The maximum Gasteiger partial charge on any atom is 0.270 e. The Morgan fingerprint density at radius 3 is 3.00 bits per heavy atom. The number of hydrogen-bond acceptors (Lipinski definition) is 3. The molecule has 2 N–H and O–H groups in total. The third kappa shape index (κ3) is 4.57. The maximum atomic E-state index is 12.2. The summed E-state index contributed by atoms with van der Waals surface area (Å²) in [5, 5.41) is 11.7. The number of carbonyl (C=O) groups excluding carboxylic acids is 1. The van der Waals surface area contributed by atoms with Gasteiger partial charge in [0.25, 0.3) is 5.91 Å². The summed E-state index contributed by atoms with van der Waals surface area (Å²) in [5.74, 6) is 5.93. The summed E-state index contributed by atoms with van der Waals surface area (Å²) < 4.78 is 0. The van der Waals surface area contributed by atoms with Crippen LogP contribution in [0.3, 0.4) is 0 Å². The van der Waals surface area contributed by atoms with Gasteiger partial charge in [-0.1, -0.05) is 38.0 Å². The van der Waals surface area contributed by atoms with Gasteiger partial charge in [-0.05, 0) is 30.9 Å². The molecule has 1 fully saturated rings. The van der Waals surface area contributed by atoms with E-state index in [1.165, 1.54) is 19.3 Å². The zero-order chi connectivity index (χ0) is 15.1. The molecule has 0 aromatic carbocycles. The Hall–Kier alpha value is -1.86. The highest BCUT2D eigenvalue weighted by Gasteiger charge is 2.22. The first-order chi connectivity index (χ1) is 10.2. The molecule has 2 atom stereocenters. The van der Waals surface area contributed by atoms with Crippen LogP contribution in [0.5, 0.6) is 0 Å². The molecule has 0 spiro atoms. The highest BCUT2D eigenvalue weighted by atomic mass is 16.2. The number of amides is 1. The monoisotopic (exact) mass is 286 g/mol. The highest BCUT2D eigenvalue weighted by Crippen LogP contribution is 2.26. The van der Waals surface area contributed by atoms with Crippen LogP contribution in [0, 0.1) is 17.8 Å². The first-order valence-corrected chi connectivity index (χ1v) is 7.59. The van der Waals surface area contributed by atoms with E-state index in [1.54, 1.807) is 18.3 Å². The van der Waals surface area contributed by atoms with Crippen LogP contribution in [0.4, 0.5) is 0 Å². The molecule has 1 aromatic heterocycles. The number of aromatic nitrogens is 1. The van der Waals surface area contributed by atoms with Gasteiger partial charge >= 0.3 is 0 Å². The largest absolute Gasteiger partial charge is 0.384 e. The Kier molecular flexibility index (Phi) is 5.77. The van der Waals surface area contributed by atoms with Crippen molar-refractivity contribution in [3.8, 4) is 11.8 Å². The van der Waals surface area contributed by atoms with E-state index >= 15 is 0 Å². The third-order valence-corrected chi connectivity index (χ3v) is 4.00. The molecule has 2 rings (SSSR count). The normalized spacial score (nSPS) is 21.2. The SMILES string of the molecule is CCC1CCCC(NC(=O)c2ccc(C#CCO)cn2)C1. The van der Waals surface area contributed by atoms with Crippen molar-refractivity contribution in [2.75, 3.05) is 6.61 Å². The molecule has 1 aliphatic rings. The van der Waals surface area contributed by atoms with Crippen LogP contribution in [-0.2, 0) is 0 Å². The van der Waals surface area contributed by atoms with E-state index in [-0.39, 0.29) is 18.6 Å². The van der Waals surface area contributed by atoms with Crippen molar-refractivity contribution in [2.45, 2.75) is 45.1 Å². The van der Waals surface area contributed by atoms with Crippen molar-refractivity contribution in [2.24, 2.45) is 5.92 Å². The Balaban J connectivity index is 1.93. The molecule has 0 saturated heterocycles. The average Bonchev–Trinajstić information content (AvgIpc) is 2.53. The molecule has 1 aromatic rings. The van der Waals surface area contributed by atoms with E-state index in [4.69, 9.17) is 5.11 Å². The summed E-state index contributed by atoms with van der Waals surface area (Å²) in [6.07, 6.45) is 7.34. The van der Waals surface area contributed by atoms with E-state index in [2.05, 4.69) is 29.1 Å². The molecule has 1 saturated carbocycles. The predicted octanol–water partition coefficient (Wildman–Crippen LogP) is 2.12. The quantitative estimate of drug-likeness (QED) is 0.837. The van der Waals surface area contributed by atoms with Gasteiger partial charge < -0.3 is 10.4 Å². The summed E-state index contributed by atoms with van der Waals surface area (Å²) in [6.45, 7) is 2.03. The van der Waals surface area contributed by atoms with Gasteiger partial charge in [0, 0.05) is 17.8 Å². The van der Waals surface area contributed by atoms with Crippen LogP contribution in [0.2, 0.25) is 0 Å². The molecule has 1 amide bonds. The predicted molar refractivity (Wildman–Crippen MR) is 81.7 cm³/mol. The van der Waals surface area contributed by atoms with Crippen LogP contribution < -0.4 is 5.32 Å². The number of pyridine rings is 1. The minimum absolute atomic E-state index is 0.113. The lowest BCUT2D eigenvalue weighted by Crippen LogP contribution is -2.38. The van der Waals surface area contributed by atoms with Crippen molar-refractivity contribution < 1.29 is 9.90 Å². The number of nitrogens with zero attached hydrogens (tertiary/aromatic N) is 1. The molecule has 1 heterocycles. The lowest BCUT2D eigenvalue weighted by Gasteiger charge is -2.28. The number of carbonyl (C=O) groups is 1. The second kappa shape index (κ2) is 7.80. The summed E-state index contributed by atoms with van der Waals surface area (Å²) in [7, 11) is 0. The molecule has 4 nitrogen and oxygen atoms in total. The van der Waals surface area contributed by atoms with Crippen LogP contribution in [-0.4, -0.2) is 28.6 Å². The van der Waals surface area contributed by atoms with Crippen LogP contribution in [0.25, 0.3) is 0 Å². The number of nitrogens with one attached hydrogen (secondary N) is 1. The van der Waals surface area contributed by atoms with E-state index in [0.717, 1.165) is 18.8 Å². The molecular formula is C17H22N2O2. The Morgan fingerprint density at radius 2 is 2.33 bits per heavy atom. The lowest BCUT2D eigenvalue weighted by atomic mass is 9.84. The highest BCUT2D eigenvalue weighted by molar-refractivity contribution is 5.92. The van der Waals surface area contributed by atoms with Gasteiger partial charge in [0.2, 0.25) is 0 Å². The van der Waals surface area contributed by atoms with Crippen LogP contribution >= 0.6 is 0 Å². The molecular weight excluding hydrogens is 264 g/mol. The topological polar surface area (TPSA) is 62.2 Å². The molecule has 1 aliphatic carbocycles. The smallest absolute Gasteiger partial charge is 0.270 e. The second-order valence-electron chi connectivity index (χ2n) is 5.50. The van der Waals surface area contributed by atoms with Gasteiger partial charge in [-0.3, -0.25) is 4.79 Å². The molecule has 112 valence electrons. The first-order valence-electron chi connectivity index (χ1n) is 7.59. The first kappa shape index (κ1) is 15.5. The van der Waals surface area contributed by atoms with Gasteiger partial charge in [-0.2, -0.15) is 0 Å². The van der Waals surface area contributed by atoms with Gasteiger partial charge in [0.1, 0.15) is 12.3 Å². The van der Waals surface area contributed by atoms with E-state index in [1.807, 2.05) is 0 Å². The van der Waals surface area contributed by atoms with Crippen molar-refractivity contribution in [3.05, 3.63) is 29.6 Å². The van der Waals surface area contributed by atoms with E-state index in [9.17, 15) is 4.79 Å². The molecule has 0 radical (unpaired) electrons. The third-order valence-electron chi connectivity index (χ3n) is 4.00. The zero-order valence-electron chi connectivity index (χ0n) is 12.4. The van der Waals surface area contributed by atoms with Crippen LogP contribution in [0.1, 0.15) is 55.1 Å². The van der Waals surface area contributed by atoms with Crippen molar-refractivity contribution in [3.63, 3.8) is 0 Å². The van der Waals surface area contributed by atoms with Gasteiger partial charge in [-0.25, -0.2) is 4.98 Å². The number of rotatable bonds is 3. The van der Waals surface area contributed by atoms with Gasteiger partial charge in [0.15, 0.2) is 0 Å². The Bertz CT molecular complexity index is 528. The molecule has 4 heteroatoms. The second-order valence-corrected chi connectivity index (χ2v) is 5.50. The maximum absolute atomic E-state index is 12.2. The minimum Gasteiger partial charge on any atom is -0.384 e. The molecule has 2 unspecified atom stereocenters. The van der Waals surface area contributed by atoms with E-state index in [0.29, 0.717) is 11.3 Å². The number of hydrogen-bond donors (Lipinski definition) is 2. The fourth-order valence-electron chi connectivity index (χ4n) is 2.80. The average molecular weight is 286 g/mol. The zero-order valence-corrected chi connectivity index (χ0v) is 12.4. The van der Waals surface area contributed by atoms with Crippen molar-refractivity contribution >= 4 is 5.91 Å². The fourth-order valence-corrected chi connectivity index (χ4v) is 2.80.